The Labute approximate surface area is 145 Å². The van der Waals surface area contributed by atoms with Gasteiger partial charge in [0.1, 0.15) is 17.4 Å². The summed E-state index contributed by atoms with van der Waals surface area (Å²) >= 11 is 0. The number of benzene rings is 2. The molecular formula is C19H16N4O2. The molecule has 0 unspecified atom stereocenters. The van der Waals surface area contributed by atoms with E-state index < -0.39 is 5.56 Å². The molecule has 6 heteroatoms. The van der Waals surface area contributed by atoms with E-state index in [-0.39, 0.29) is 5.56 Å². The maximum absolute atomic E-state index is 12.4. The van der Waals surface area contributed by atoms with Crippen LogP contribution in [-0.2, 0) is 0 Å². The van der Waals surface area contributed by atoms with Gasteiger partial charge in [-0.05, 0) is 36.4 Å². The van der Waals surface area contributed by atoms with E-state index in [2.05, 4.69) is 9.97 Å². The number of aromatic nitrogens is 2. The molecule has 2 aromatic carbocycles. The number of hydrogen-bond donors (Lipinski definition) is 1. The smallest absolute Gasteiger partial charge is 0.270 e. The molecule has 0 saturated carbocycles. The maximum Gasteiger partial charge on any atom is 0.270 e. The first-order chi connectivity index (χ1) is 12.1. The van der Waals surface area contributed by atoms with Gasteiger partial charge in [0.25, 0.3) is 5.56 Å². The summed E-state index contributed by atoms with van der Waals surface area (Å²) in [5.74, 6) is 1.05. The first-order valence-corrected chi connectivity index (χ1v) is 7.61. The third-order valence-corrected chi connectivity index (χ3v) is 3.84. The summed E-state index contributed by atoms with van der Waals surface area (Å²) in [6.07, 6.45) is 0. The second-order valence-corrected chi connectivity index (χ2v) is 5.35. The maximum atomic E-state index is 12.4. The Balaban J connectivity index is 2.12. The van der Waals surface area contributed by atoms with Gasteiger partial charge in [0.05, 0.1) is 12.8 Å². The second-order valence-electron chi connectivity index (χ2n) is 5.35. The summed E-state index contributed by atoms with van der Waals surface area (Å²) in [6, 6.07) is 18.5. The average Bonchev–Trinajstić information content (AvgIpc) is 2.67. The highest BCUT2D eigenvalue weighted by Gasteiger charge is 2.16. The van der Waals surface area contributed by atoms with Crippen LogP contribution in [-0.4, -0.2) is 24.1 Å². The Morgan fingerprint density at radius 3 is 2.40 bits per heavy atom. The lowest BCUT2D eigenvalue weighted by molar-refractivity contribution is 0.415. The molecule has 0 saturated heterocycles. The highest BCUT2D eigenvalue weighted by atomic mass is 16.5. The largest absolute Gasteiger partial charge is 0.497 e. The van der Waals surface area contributed by atoms with Gasteiger partial charge in [0.2, 0.25) is 5.95 Å². The summed E-state index contributed by atoms with van der Waals surface area (Å²) < 4.78 is 5.14. The van der Waals surface area contributed by atoms with Crippen molar-refractivity contribution in [1.82, 2.24) is 9.97 Å². The number of ether oxygens (including phenoxy) is 1. The van der Waals surface area contributed by atoms with Gasteiger partial charge in [-0.25, -0.2) is 4.98 Å². The van der Waals surface area contributed by atoms with Gasteiger partial charge in [0.15, 0.2) is 0 Å². The molecule has 0 spiro atoms. The molecule has 0 aliphatic heterocycles. The summed E-state index contributed by atoms with van der Waals surface area (Å²) in [5, 5.41) is 9.36. The summed E-state index contributed by atoms with van der Waals surface area (Å²) in [6.45, 7) is 0. The number of anilines is 2. The monoisotopic (exact) mass is 332 g/mol. The number of hydrogen-bond acceptors (Lipinski definition) is 5. The average molecular weight is 332 g/mol. The van der Waals surface area contributed by atoms with Gasteiger partial charge in [-0.2, -0.15) is 5.26 Å². The Bertz CT molecular complexity index is 973. The van der Waals surface area contributed by atoms with Gasteiger partial charge in [-0.3, -0.25) is 9.78 Å². The van der Waals surface area contributed by atoms with E-state index in [1.54, 1.807) is 43.3 Å². The number of methoxy groups -OCH3 is 1. The second kappa shape index (κ2) is 6.89. The number of para-hydroxylation sites is 1. The van der Waals surface area contributed by atoms with Crippen LogP contribution in [0.15, 0.2) is 59.4 Å². The van der Waals surface area contributed by atoms with Crippen molar-refractivity contribution in [3.63, 3.8) is 0 Å². The lowest BCUT2D eigenvalue weighted by atomic mass is 10.1. The molecule has 0 aliphatic carbocycles. The fraction of sp³-hybridized carbons (Fsp3) is 0.105. The molecule has 1 aromatic heterocycles. The van der Waals surface area contributed by atoms with Crippen LogP contribution in [0.25, 0.3) is 11.3 Å². The fourth-order valence-corrected chi connectivity index (χ4v) is 2.46. The summed E-state index contributed by atoms with van der Waals surface area (Å²) in [7, 11) is 3.38. The summed E-state index contributed by atoms with van der Waals surface area (Å²) in [4.78, 5) is 21.3. The Morgan fingerprint density at radius 2 is 1.80 bits per heavy atom. The molecule has 6 nitrogen and oxygen atoms in total. The number of nitrogens with zero attached hydrogens (tertiary/aromatic N) is 3. The minimum Gasteiger partial charge on any atom is -0.497 e. The molecule has 1 N–H and O–H groups in total. The minimum absolute atomic E-state index is 0.0182. The first kappa shape index (κ1) is 16.3. The van der Waals surface area contributed by atoms with Crippen molar-refractivity contribution in [3.8, 4) is 23.1 Å². The lowest BCUT2D eigenvalue weighted by Crippen LogP contribution is -2.21. The van der Waals surface area contributed by atoms with E-state index in [1.165, 1.54) is 0 Å². The van der Waals surface area contributed by atoms with Gasteiger partial charge < -0.3 is 9.64 Å². The number of rotatable bonds is 4. The zero-order chi connectivity index (χ0) is 17.8. The molecule has 0 amide bonds. The molecule has 3 rings (SSSR count). The highest BCUT2D eigenvalue weighted by Crippen LogP contribution is 2.25. The van der Waals surface area contributed by atoms with Gasteiger partial charge in [-0.15, -0.1) is 0 Å². The van der Waals surface area contributed by atoms with E-state index in [0.717, 1.165) is 5.69 Å². The molecule has 3 aromatic rings. The quantitative estimate of drug-likeness (QED) is 0.794. The van der Waals surface area contributed by atoms with Crippen LogP contribution in [0.4, 0.5) is 11.6 Å². The van der Waals surface area contributed by atoms with Crippen molar-refractivity contribution in [1.29, 1.82) is 5.26 Å². The first-order valence-electron chi connectivity index (χ1n) is 7.61. The number of aromatic amines is 1. The zero-order valence-corrected chi connectivity index (χ0v) is 13.9. The topological polar surface area (TPSA) is 82.0 Å². The molecule has 0 radical (unpaired) electrons. The Kier molecular flexibility index (Phi) is 4.48. The number of nitriles is 1. The standard InChI is InChI=1S/C19H16N4O2/c1-23(14-6-4-3-5-7-14)19-21-17(16(12-20)18(24)22-19)13-8-10-15(25-2)11-9-13/h3-11H,1-2H3,(H,21,22,24). The summed E-state index contributed by atoms with van der Waals surface area (Å²) in [5.41, 5.74) is 1.39. The molecule has 0 atom stereocenters. The van der Waals surface area contributed by atoms with E-state index in [0.29, 0.717) is 23.0 Å². The number of H-pyrrole nitrogens is 1. The van der Waals surface area contributed by atoms with Crippen molar-refractivity contribution >= 4 is 11.6 Å². The fourth-order valence-electron chi connectivity index (χ4n) is 2.46. The molecule has 0 aliphatic rings. The molecule has 0 fully saturated rings. The van der Waals surface area contributed by atoms with Crippen molar-refractivity contribution in [3.05, 3.63) is 70.5 Å². The van der Waals surface area contributed by atoms with Crippen molar-refractivity contribution < 1.29 is 4.74 Å². The van der Waals surface area contributed by atoms with Gasteiger partial charge >= 0.3 is 0 Å². The van der Waals surface area contributed by atoms with Gasteiger partial charge in [-0.1, -0.05) is 18.2 Å². The Hall–Kier alpha value is -3.59. The van der Waals surface area contributed by atoms with Crippen LogP contribution in [0.2, 0.25) is 0 Å². The normalized spacial score (nSPS) is 10.1. The highest BCUT2D eigenvalue weighted by molar-refractivity contribution is 5.69. The van der Waals surface area contributed by atoms with E-state index in [4.69, 9.17) is 4.74 Å². The van der Waals surface area contributed by atoms with Crippen molar-refractivity contribution in [2.75, 3.05) is 19.1 Å². The number of nitrogens with one attached hydrogen (secondary N) is 1. The molecule has 25 heavy (non-hydrogen) atoms. The third kappa shape index (κ3) is 3.21. The van der Waals surface area contributed by atoms with Crippen molar-refractivity contribution in [2.45, 2.75) is 0 Å². The molecular weight excluding hydrogens is 316 g/mol. The van der Waals surface area contributed by atoms with E-state index >= 15 is 0 Å². The van der Waals surface area contributed by atoms with Crippen LogP contribution in [0.3, 0.4) is 0 Å². The lowest BCUT2D eigenvalue weighted by Gasteiger charge is -2.18. The SMILES string of the molecule is COc1ccc(-c2nc(N(C)c3ccccc3)[nH]c(=O)c2C#N)cc1. The molecule has 124 valence electrons. The van der Waals surface area contributed by atoms with E-state index in [9.17, 15) is 10.1 Å². The van der Waals surface area contributed by atoms with Crippen LogP contribution in [0.1, 0.15) is 5.56 Å². The predicted octanol–water partition coefficient (Wildman–Crippen LogP) is 3.09. The minimum atomic E-state index is -0.471. The Morgan fingerprint density at radius 1 is 1.12 bits per heavy atom. The van der Waals surface area contributed by atoms with Crippen LogP contribution in [0, 0.1) is 11.3 Å². The van der Waals surface area contributed by atoms with Crippen LogP contribution in [0.5, 0.6) is 5.75 Å². The zero-order valence-electron chi connectivity index (χ0n) is 13.9. The van der Waals surface area contributed by atoms with Gasteiger partial charge in [0, 0.05) is 18.3 Å². The molecule has 1 heterocycles. The third-order valence-electron chi connectivity index (χ3n) is 3.84. The molecule has 0 bridgehead atoms. The van der Waals surface area contributed by atoms with E-state index in [1.807, 2.05) is 36.4 Å². The van der Waals surface area contributed by atoms with Crippen LogP contribution >= 0.6 is 0 Å². The predicted molar refractivity (Wildman–Crippen MR) is 96.1 cm³/mol. The van der Waals surface area contributed by atoms with Crippen LogP contribution < -0.4 is 15.2 Å². The van der Waals surface area contributed by atoms with Crippen molar-refractivity contribution in [2.24, 2.45) is 0 Å².